The summed E-state index contributed by atoms with van der Waals surface area (Å²) < 4.78 is 16.9. The lowest BCUT2D eigenvalue weighted by molar-refractivity contribution is -0.167. The third-order valence-corrected chi connectivity index (χ3v) is 14.6. The zero-order valence-corrected chi connectivity index (χ0v) is 52.1. The van der Waals surface area contributed by atoms with Crippen molar-refractivity contribution in [1.29, 1.82) is 0 Å². The molecule has 0 bridgehead atoms. The first-order valence-electron chi connectivity index (χ1n) is 33.7. The highest BCUT2D eigenvalue weighted by atomic mass is 16.6. The van der Waals surface area contributed by atoms with Gasteiger partial charge in [-0.05, 0) is 96.3 Å². The second-order valence-corrected chi connectivity index (χ2v) is 22.3. The van der Waals surface area contributed by atoms with Crippen LogP contribution in [0.3, 0.4) is 0 Å². The number of hydrogen-bond acceptors (Lipinski definition) is 6. The number of ether oxygens (including phenoxy) is 3. The van der Waals surface area contributed by atoms with Gasteiger partial charge < -0.3 is 14.2 Å². The Balaban J connectivity index is 4.35. The summed E-state index contributed by atoms with van der Waals surface area (Å²) >= 11 is 0. The van der Waals surface area contributed by atoms with Crippen molar-refractivity contribution in [3.8, 4) is 0 Å². The molecule has 79 heavy (non-hydrogen) atoms. The Morgan fingerprint density at radius 2 is 0.494 bits per heavy atom. The number of esters is 3. The molecule has 0 heterocycles. The smallest absolute Gasteiger partial charge is 0.306 e. The SMILES string of the molecule is CC/C=C\C/C=C\C/C=C\C/C=C\C/C=C\CCCCCCCC(=O)OC(COC(=O)CCCCCCC/C=C\C/C=C\C/C=C\CC)COC(=O)CCCCCCCCCCCCCCCCCCCCCCCCCCC. The Morgan fingerprint density at radius 3 is 0.772 bits per heavy atom. The fraction of sp³-hybridized carbons (Fsp3) is 0.740. The molecule has 0 fully saturated rings. The van der Waals surface area contributed by atoms with Crippen molar-refractivity contribution in [3.63, 3.8) is 0 Å². The molecule has 6 heteroatoms. The van der Waals surface area contributed by atoms with Crippen LogP contribution in [0.5, 0.6) is 0 Å². The largest absolute Gasteiger partial charge is 0.462 e. The highest BCUT2D eigenvalue weighted by molar-refractivity contribution is 5.71. The molecule has 0 amide bonds. The molecule has 6 nitrogen and oxygen atoms in total. The molecule has 0 N–H and O–H groups in total. The summed E-state index contributed by atoms with van der Waals surface area (Å²) in [5, 5.41) is 0. The van der Waals surface area contributed by atoms with Crippen LogP contribution in [-0.2, 0) is 28.6 Å². The number of rotatable bonds is 61. The van der Waals surface area contributed by atoms with E-state index in [9.17, 15) is 14.4 Å². The van der Waals surface area contributed by atoms with E-state index in [1.807, 2.05) is 0 Å². The highest BCUT2D eigenvalue weighted by Crippen LogP contribution is 2.17. The van der Waals surface area contributed by atoms with Crippen molar-refractivity contribution >= 4 is 17.9 Å². The maximum absolute atomic E-state index is 12.9. The summed E-state index contributed by atoms with van der Waals surface area (Å²) in [6, 6.07) is 0. The zero-order valence-electron chi connectivity index (χ0n) is 52.1. The van der Waals surface area contributed by atoms with Gasteiger partial charge in [-0.15, -0.1) is 0 Å². The fourth-order valence-electron chi connectivity index (χ4n) is 9.60. The van der Waals surface area contributed by atoms with Gasteiger partial charge in [0.15, 0.2) is 6.10 Å². The lowest BCUT2D eigenvalue weighted by Crippen LogP contribution is -2.30. The second-order valence-electron chi connectivity index (χ2n) is 22.3. The number of carbonyl (C=O) groups excluding carboxylic acids is 3. The van der Waals surface area contributed by atoms with Crippen molar-refractivity contribution in [2.24, 2.45) is 0 Å². The van der Waals surface area contributed by atoms with E-state index in [0.29, 0.717) is 19.3 Å². The number of carbonyl (C=O) groups is 3. The first kappa shape index (κ1) is 75.3. The third-order valence-electron chi connectivity index (χ3n) is 14.6. The van der Waals surface area contributed by atoms with E-state index < -0.39 is 6.10 Å². The molecule has 0 aromatic heterocycles. The van der Waals surface area contributed by atoms with Crippen LogP contribution < -0.4 is 0 Å². The van der Waals surface area contributed by atoms with Crippen LogP contribution in [0.1, 0.15) is 329 Å². The molecule has 1 atom stereocenters. The minimum Gasteiger partial charge on any atom is -0.462 e. The van der Waals surface area contributed by atoms with Crippen molar-refractivity contribution < 1.29 is 28.6 Å². The lowest BCUT2D eigenvalue weighted by atomic mass is 10.0. The maximum Gasteiger partial charge on any atom is 0.306 e. The maximum atomic E-state index is 12.9. The predicted molar refractivity (Wildman–Crippen MR) is 344 cm³/mol. The Hall–Kier alpha value is -3.67. The minimum atomic E-state index is -0.797. The van der Waals surface area contributed by atoms with Gasteiger partial charge in [0.25, 0.3) is 0 Å². The predicted octanol–water partition coefficient (Wildman–Crippen LogP) is 23.2. The summed E-state index contributed by atoms with van der Waals surface area (Å²) in [6.07, 6.45) is 90.0. The molecule has 1 unspecified atom stereocenters. The van der Waals surface area contributed by atoms with Gasteiger partial charge in [-0.25, -0.2) is 0 Å². The van der Waals surface area contributed by atoms with Gasteiger partial charge in [0.05, 0.1) is 0 Å². The zero-order chi connectivity index (χ0) is 57.1. The second kappa shape index (κ2) is 66.8. The molecule has 0 aromatic rings. The highest BCUT2D eigenvalue weighted by Gasteiger charge is 2.19. The van der Waals surface area contributed by atoms with Crippen LogP contribution in [0.25, 0.3) is 0 Å². The van der Waals surface area contributed by atoms with E-state index in [-0.39, 0.29) is 31.1 Å². The quantitative estimate of drug-likeness (QED) is 0.0261. The number of hydrogen-bond donors (Lipinski definition) is 0. The van der Waals surface area contributed by atoms with Gasteiger partial charge in [0.2, 0.25) is 0 Å². The average molecular weight is 1100 g/mol. The molecule has 0 rings (SSSR count). The molecule has 0 aliphatic carbocycles. The summed E-state index contributed by atoms with van der Waals surface area (Å²) in [4.78, 5) is 38.4. The summed E-state index contributed by atoms with van der Waals surface area (Å²) in [5.74, 6) is -0.912. The van der Waals surface area contributed by atoms with E-state index in [4.69, 9.17) is 14.2 Å². The molecule has 0 spiro atoms. The van der Waals surface area contributed by atoms with E-state index in [1.165, 1.54) is 141 Å². The van der Waals surface area contributed by atoms with E-state index >= 15 is 0 Å². The van der Waals surface area contributed by atoms with Crippen molar-refractivity contribution in [3.05, 3.63) is 97.2 Å². The fourth-order valence-corrected chi connectivity index (χ4v) is 9.60. The van der Waals surface area contributed by atoms with Crippen LogP contribution in [0.4, 0.5) is 0 Å². The minimum absolute atomic E-state index is 0.0892. The molecular weight excluding hydrogens is 973 g/mol. The molecule has 0 saturated carbocycles. The topological polar surface area (TPSA) is 78.9 Å². The van der Waals surface area contributed by atoms with Gasteiger partial charge >= 0.3 is 17.9 Å². The van der Waals surface area contributed by atoms with Crippen molar-refractivity contribution in [2.45, 2.75) is 335 Å². The van der Waals surface area contributed by atoms with Crippen molar-refractivity contribution in [2.75, 3.05) is 13.2 Å². The molecule has 454 valence electrons. The van der Waals surface area contributed by atoms with Crippen LogP contribution in [-0.4, -0.2) is 37.2 Å². The molecule has 0 aliphatic heterocycles. The number of unbranched alkanes of at least 4 members (excludes halogenated alkanes) is 34. The van der Waals surface area contributed by atoms with Gasteiger partial charge in [0, 0.05) is 19.3 Å². The first-order valence-corrected chi connectivity index (χ1v) is 33.7. The Kier molecular flexibility index (Phi) is 63.7. The van der Waals surface area contributed by atoms with Gasteiger partial charge in [-0.3, -0.25) is 14.4 Å². The van der Waals surface area contributed by atoms with E-state index in [0.717, 1.165) is 148 Å². The van der Waals surface area contributed by atoms with Gasteiger partial charge in [0.1, 0.15) is 13.2 Å². The lowest BCUT2D eigenvalue weighted by Gasteiger charge is -2.18. The Bertz CT molecular complexity index is 1540. The average Bonchev–Trinajstić information content (AvgIpc) is 3.45. The summed E-state index contributed by atoms with van der Waals surface area (Å²) in [6.45, 7) is 6.43. The molecule has 0 aromatic carbocycles. The van der Waals surface area contributed by atoms with Crippen molar-refractivity contribution in [1.82, 2.24) is 0 Å². The number of allylic oxidation sites excluding steroid dienone is 16. The monoisotopic (exact) mass is 1100 g/mol. The first-order chi connectivity index (χ1) is 39.0. The Morgan fingerprint density at radius 1 is 0.266 bits per heavy atom. The van der Waals surface area contributed by atoms with E-state index in [2.05, 4.69) is 118 Å². The van der Waals surface area contributed by atoms with Gasteiger partial charge in [-0.1, -0.05) is 311 Å². The molecule has 0 aliphatic rings. The standard InChI is InChI=1S/C73H126O6/c1-4-7-10-13-16-19-22-25-28-30-32-34-35-36-37-39-40-42-45-48-51-54-57-60-63-66-72(75)78-69-70(68-77-71(74)65-62-59-56-53-50-47-44-27-24-21-18-15-12-9-6-3)79-73(76)67-64-61-58-55-52-49-46-43-41-38-33-31-29-26-23-20-17-14-11-8-5-2/h8-9,11-12,17-18,20-21,26-27,29,33,38,43-44,46,70H,4-7,10,13-16,19,22-25,28,30-32,34-37,39-42,45,47-69H2,1-3H3/b11-8-,12-9-,20-17-,21-18-,29-26-,38-33-,44-27-,46-43-. The van der Waals surface area contributed by atoms with Gasteiger partial charge in [-0.2, -0.15) is 0 Å². The van der Waals surface area contributed by atoms with Crippen LogP contribution in [0.2, 0.25) is 0 Å². The van der Waals surface area contributed by atoms with Crippen LogP contribution in [0.15, 0.2) is 97.2 Å². The third kappa shape index (κ3) is 65.0. The van der Waals surface area contributed by atoms with Crippen LogP contribution in [0, 0.1) is 0 Å². The molecule has 0 radical (unpaired) electrons. The summed E-state index contributed by atoms with van der Waals surface area (Å²) in [5.41, 5.74) is 0. The Labute approximate surface area is 489 Å². The normalized spacial score (nSPS) is 12.7. The van der Waals surface area contributed by atoms with E-state index in [1.54, 1.807) is 0 Å². The summed E-state index contributed by atoms with van der Waals surface area (Å²) in [7, 11) is 0. The van der Waals surface area contributed by atoms with Crippen LogP contribution >= 0.6 is 0 Å². The molecular formula is C73H126O6. The molecule has 0 saturated heterocycles.